The van der Waals surface area contributed by atoms with Crippen molar-refractivity contribution in [2.45, 2.75) is 38.3 Å². The first-order valence-corrected chi connectivity index (χ1v) is 8.31. The number of aromatic nitrogens is 1. The molecule has 0 aliphatic carbocycles. The molecule has 23 heavy (non-hydrogen) atoms. The van der Waals surface area contributed by atoms with Gasteiger partial charge >= 0.3 is 0 Å². The molecule has 2 fully saturated rings. The lowest BCUT2D eigenvalue weighted by molar-refractivity contribution is -0.143. The number of piperidine rings is 1. The molecule has 0 spiro atoms. The second-order valence-electron chi connectivity index (χ2n) is 6.17. The van der Waals surface area contributed by atoms with Gasteiger partial charge in [0.1, 0.15) is 6.10 Å². The smallest absolute Gasteiger partial charge is 0.251 e. The van der Waals surface area contributed by atoms with E-state index in [0.717, 1.165) is 31.2 Å². The number of pyridine rings is 1. The summed E-state index contributed by atoms with van der Waals surface area (Å²) in [5.74, 6) is 0.162. The van der Waals surface area contributed by atoms with E-state index in [2.05, 4.69) is 10.3 Å². The third-order valence-corrected chi connectivity index (χ3v) is 4.60. The molecule has 6 heteroatoms. The summed E-state index contributed by atoms with van der Waals surface area (Å²) >= 11 is 0. The van der Waals surface area contributed by atoms with Crippen molar-refractivity contribution >= 4 is 11.8 Å². The van der Waals surface area contributed by atoms with Gasteiger partial charge in [0, 0.05) is 44.6 Å². The minimum Gasteiger partial charge on any atom is -0.368 e. The number of carbonyl (C=O) groups excluding carboxylic acids is 2. The minimum absolute atomic E-state index is 0.00890. The molecule has 2 amide bonds. The van der Waals surface area contributed by atoms with E-state index in [1.54, 1.807) is 12.4 Å². The number of rotatable bonds is 4. The van der Waals surface area contributed by atoms with Crippen LogP contribution in [0.4, 0.5) is 0 Å². The highest BCUT2D eigenvalue weighted by molar-refractivity contribution is 5.82. The molecule has 124 valence electrons. The highest BCUT2D eigenvalue weighted by Gasteiger charge is 2.32. The number of carbonyl (C=O) groups is 2. The summed E-state index contributed by atoms with van der Waals surface area (Å²) in [5.41, 5.74) is 1.04. The maximum absolute atomic E-state index is 12.3. The van der Waals surface area contributed by atoms with Gasteiger partial charge in [-0.05, 0) is 43.4 Å². The van der Waals surface area contributed by atoms with Gasteiger partial charge in [-0.2, -0.15) is 0 Å². The summed E-state index contributed by atoms with van der Waals surface area (Å²) in [5, 5.41) is 2.97. The molecule has 0 radical (unpaired) electrons. The molecule has 1 aromatic rings. The number of likely N-dealkylation sites (tertiary alicyclic amines) is 1. The molecule has 0 bridgehead atoms. The molecule has 1 N–H and O–H groups in total. The maximum Gasteiger partial charge on any atom is 0.251 e. The Morgan fingerprint density at radius 3 is 2.61 bits per heavy atom. The van der Waals surface area contributed by atoms with Crippen LogP contribution in [0.25, 0.3) is 0 Å². The number of hydrogen-bond acceptors (Lipinski definition) is 4. The van der Waals surface area contributed by atoms with Crippen molar-refractivity contribution < 1.29 is 14.3 Å². The molecule has 1 unspecified atom stereocenters. The molecule has 2 aliphatic rings. The van der Waals surface area contributed by atoms with Crippen LogP contribution in [0.5, 0.6) is 0 Å². The van der Waals surface area contributed by atoms with Gasteiger partial charge in [0.25, 0.3) is 5.91 Å². The second-order valence-corrected chi connectivity index (χ2v) is 6.17. The Kier molecular flexibility index (Phi) is 5.23. The zero-order chi connectivity index (χ0) is 16.1. The maximum atomic E-state index is 12.3. The fourth-order valence-electron chi connectivity index (χ4n) is 3.17. The van der Waals surface area contributed by atoms with E-state index >= 15 is 0 Å². The first kappa shape index (κ1) is 15.9. The van der Waals surface area contributed by atoms with Crippen LogP contribution in [0.1, 0.15) is 31.2 Å². The summed E-state index contributed by atoms with van der Waals surface area (Å²) < 4.78 is 5.45. The predicted molar refractivity (Wildman–Crippen MR) is 84.4 cm³/mol. The van der Waals surface area contributed by atoms with Crippen molar-refractivity contribution in [1.82, 2.24) is 15.2 Å². The van der Waals surface area contributed by atoms with Gasteiger partial charge in [-0.1, -0.05) is 0 Å². The molecule has 6 nitrogen and oxygen atoms in total. The van der Waals surface area contributed by atoms with E-state index in [1.165, 1.54) is 0 Å². The van der Waals surface area contributed by atoms with Crippen molar-refractivity contribution in [2.24, 2.45) is 5.92 Å². The standard InChI is InChI=1S/C17H23N3O3/c21-16(19-12-13-3-7-18-8-4-13)14-5-9-20(10-6-14)17(22)15-2-1-11-23-15/h3-4,7-8,14-15H,1-2,5-6,9-12H2,(H,19,21). The van der Waals surface area contributed by atoms with Gasteiger partial charge in [-0.15, -0.1) is 0 Å². The monoisotopic (exact) mass is 317 g/mol. The lowest BCUT2D eigenvalue weighted by Gasteiger charge is -2.32. The van der Waals surface area contributed by atoms with Crippen LogP contribution >= 0.6 is 0 Å². The average molecular weight is 317 g/mol. The molecule has 1 aromatic heterocycles. The zero-order valence-electron chi connectivity index (χ0n) is 13.2. The van der Waals surface area contributed by atoms with Gasteiger partial charge in [0.05, 0.1) is 0 Å². The third-order valence-electron chi connectivity index (χ3n) is 4.60. The van der Waals surface area contributed by atoms with Gasteiger partial charge in [0.2, 0.25) is 5.91 Å². The van der Waals surface area contributed by atoms with E-state index in [-0.39, 0.29) is 23.8 Å². The van der Waals surface area contributed by atoms with Gasteiger partial charge in [-0.3, -0.25) is 14.6 Å². The summed E-state index contributed by atoms with van der Waals surface area (Å²) in [4.78, 5) is 30.3. The number of hydrogen-bond donors (Lipinski definition) is 1. The summed E-state index contributed by atoms with van der Waals surface area (Å²) in [6.45, 7) is 2.50. The summed E-state index contributed by atoms with van der Waals surface area (Å²) in [6, 6.07) is 3.78. The van der Waals surface area contributed by atoms with E-state index in [9.17, 15) is 9.59 Å². The third kappa shape index (κ3) is 4.07. The van der Waals surface area contributed by atoms with Gasteiger partial charge in [0.15, 0.2) is 0 Å². The Morgan fingerprint density at radius 2 is 1.96 bits per heavy atom. The first-order valence-electron chi connectivity index (χ1n) is 8.31. The molecule has 3 rings (SSSR count). The molecular formula is C17H23N3O3. The average Bonchev–Trinajstić information content (AvgIpc) is 3.15. The molecular weight excluding hydrogens is 294 g/mol. The van der Waals surface area contributed by atoms with Crippen molar-refractivity contribution in [3.63, 3.8) is 0 Å². The van der Waals surface area contributed by atoms with E-state index in [0.29, 0.717) is 26.2 Å². The molecule has 2 aliphatic heterocycles. The normalized spacial score (nSPS) is 22.1. The Morgan fingerprint density at radius 1 is 1.22 bits per heavy atom. The van der Waals surface area contributed by atoms with Gasteiger partial charge in [-0.25, -0.2) is 0 Å². The molecule has 0 aromatic carbocycles. The Hall–Kier alpha value is -1.95. The van der Waals surface area contributed by atoms with E-state index in [1.807, 2.05) is 17.0 Å². The highest BCUT2D eigenvalue weighted by Crippen LogP contribution is 2.21. The topological polar surface area (TPSA) is 71.5 Å². The largest absolute Gasteiger partial charge is 0.368 e. The van der Waals surface area contributed by atoms with E-state index < -0.39 is 0 Å². The number of ether oxygens (including phenoxy) is 1. The Bertz CT molecular complexity index is 535. The van der Waals surface area contributed by atoms with Gasteiger partial charge < -0.3 is 15.0 Å². The molecule has 3 heterocycles. The van der Waals surface area contributed by atoms with Crippen LogP contribution in [0.2, 0.25) is 0 Å². The first-order chi connectivity index (χ1) is 11.2. The lowest BCUT2D eigenvalue weighted by atomic mass is 9.95. The Balaban J connectivity index is 1.43. The fourth-order valence-corrected chi connectivity index (χ4v) is 3.17. The van der Waals surface area contributed by atoms with Crippen molar-refractivity contribution in [1.29, 1.82) is 0 Å². The zero-order valence-corrected chi connectivity index (χ0v) is 13.2. The van der Waals surface area contributed by atoms with Crippen molar-refractivity contribution in [3.8, 4) is 0 Å². The van der Waals surface area contributed by atoms with Crippen LogP contribution in [0, 0.1) is 5.92 Å². The Labute approximate surface area is 136 Å². The highest BCUT2D eigenvalue weighted by atomic mass is 16.5. The van der Waals surface area contributed by atoms with Crippen LogP contribution in [-0.4, -0.2) is 47.5 Å². The number of amides is 2. The summed E-state index contributed by atoms with van der Waals surface area (Å²) in [6.07, 6.45) is 6.41. The van der Waals surface area contributed by atoms with Crippen LogP contribution < -0.4 is 5.32 Å². The van der Waals surface area contributed by atoms with Crippen molar-refractivity contribution in [3.05, 3.63) is 30.1 Å². The molecule has 1 atom stereocenters. The number of nitrogens with zero attached hydrogens (tertiary/aromatic N) is 2. The van der Waals surface area contributed by atoms with Crippen molar-refractivity contribution in [2.75, 3.05) is 19.7 Å². The van der Waals surface area contributed by atoms with E-state index in [4.69, 9.17) is 4.74 Å². The number of nitrogens with one attached hydrogen (secondary N) is 1. The molecule has 0 saturated carbocycles. The van der Waals surface area contributed by atoms with Crippen LogP contribution in [0.3, 0.4) is 0 Å². The SMILES string of the molecule is O=C(NCc1ccncc1)C1CCN(C(=O)C2CCCO2)CC1. The quantitative estimate of drug-likeness (QED) is 0.903. The van der Waals surface area contributed by atoms with Crippen LogP contribution in [-0.2, 0) is 20.9 Å². The molecule has 2 saturated heterocycles. The minimum atomic E-state index is -0.257. The summed E-state index contributed by atoms with van der Waals surface area (Å²) in [7, 11) is 0. The lowest BCUT2D eigenvalue weighted by Crippen LogP contribution is -2.46. The predicted octanol–water partition coefficient (Wildman–Crippen LogP) is 1.12. The second kappa shape index (κ2) is 7.55. The fraction of sp³-hybridized carbons (Fsp3) is 0.588. The van der Waals surface area contributed by atoms with Crippen LogP contribution in [0.15, 0.2) is 24.5 Å².